The van der Waals surface area contributed by atoms with Gasteiger partial charge in [0.15, 0.2) is 12.2 Å². The van der Waals surface area contributed by atoms with Crippen molar-refractivity contribution in [2.75, 3.05) is 6.54 Å². The lowest BCUT2D eigenvalue weighted by Gasteiger charge is -2.28. The van der Waals surface area contributed by atoms with Crippen molar-refractivity contribution in [1.82, 2.24) is 10.2 Å². The highest BCUT2D eigenvalue weighted by Crippen LogP contribution is 2.33. The highest BCUT2D eigenvalue weighted by atomic mass is 35.5. The maximum Gasteiger partial charge on any atom is 0.255 e. The number of carbonyl (C=O) groups excluding carboxylic acids is 2. The molecular formula is C27H26ClN3O4S. The molecule has 186 valence electrons. The van der Waals surface area contributed by atoms with Gasteiger partial charge in [0, 0.05) is 16.4 Å². The molecule has 2 aromatic carbocycles. The maximum atomic E-state index is 13.0. The third kappa shape index (κ3) is 5.94. The number of nitrogens with one attached hydrogen (secondary N) is 1. The van der Waals surface area contributed by atoms with Crippen molar-refractivity contribution < 1.29 is 19.8 Å². The number of likely N-dealkylation sites (tertiary alicyclic amines) is 1. The number of aliphatic hydroxyl groups excluding tert-OH is 2. The number of benzene rings is 2. The number of thiophene rings is 1. The number of aliphatic hydroxyl groups is 2. The van der Waals surface area contributed by atoms with Crippen molar-refractivity contribution in [2.45, 2.75) is 44.1 Å². The van der Waals surface area contributed by atoms with Crippen LogP contribution in [-0.2, 0) is 22.6 Å². The van der Waals surface area contributed by atoms with Gasteiger partial charge in [-0.1, -0.05) is 41.9 Å². The first kappa shape index (κ1) is 25.9. The lowest BCUT2D eigenvalue weighted by molar-refractivity contribution is -0.153. The highest BCUT2D eigenvalue weighted by Gasteiger charge is 2.38. The van der Waals surface area contributed by atoms with Gasteiger partial charge >= 0.3 is 0 Å². The first-order chi connectivity index (χ1) is 17.4. The SMILES string of the molecule is N#Cc1cccc(C2CCCN2C(=O)[C@H](O)[C@@H](O)C(=O)NCc2cc(Cc3ccccc3Cl)cs2)c1. The molecule has 0 spiro atoms. The normalized spacial score (nSPS) is 16.8. The molecular weight excluding hydrogens is 498 g/mol. The predicted octanol–water partition coefficient (Wildman–Crippen LogP) is 3.57. The molecule has 2 heterocycles. The quantitative estimate of drug-likeness (QED) is 0.418. The predicted molar refractivity (Wildman–Crippen MR) is 137 cm³/mol. The summed E-state index contributed by atoms with van der Waals surface area (Å²) >= 11 is 7.69. The summed E-state index contributed by atoms with van der Waals surface area (Å²) in [6, 6.07) is 18.3. The van der Waals surface area contributed by atoms with Gasteiger partial charge in [-0.2, -0.15) is 5.26 Å². The zero-order valence-electron chi connectivity index (χ0n) is 19.4. The number of nitriles is 1. The first-order valence-electron chi connectivity index (χ1n) is 11.6. The topological polar surface area (TPSA) is 114 Å². The van der Waals surface area contributed by atoms with Crippen molar-refractivity contribution >= 4 is 34.8 Å². The minimum absolute atomic E-state index is 0.164. The van der Waals surface area contributed by atoms with Gasteiger partial charge in [0.1, 0.15) is 0 Å². The van der Waals surface area contributed by atoms with Crippen LogP contribution in [0.1, 0.15) is 46.0 Å². The van der Waals surface area contributed by atoms with Gasteiger partial charge in [-0.05, 0) is 65.6 Å². The second-order valence-corrected chi connectivity index (χ2v) is 10.1. The number of carbonyl (C=O) groups is 2. The Morgan fingerprint density at radius 1 is 1.17 bits per heavy atom. The lowest BCUT2D eigenvalue weighted by Crippen LogP contribution is -2.50. The number of halogens is 1. The molecule has 0 aliphatic carbocycles. The van der Waals surface area contributed by atoms with E-state index >= 15 is 0 Å². The summed E-state index contributed by atoms with van der Waals surface area (Å²) < 4.78 is 0. The Labute approximate surface area is 218 Å². The molecule has 7 nitrogen and oxygen atoms in total. The van der Waals surface area contributed by atoms with Crippen LogP contribution in [0.25, 0.3) is 0 Å². The van der Waals surface area contributed by atoms with E-state index in [2.05, 4.69) is 11.4 Å². The zero-order chi connectivity index (χ0) is 25.7. The Morgan fingerprint density at radius 2 is 1.97 bits per heavy atom. The largest absolute Gasteiger partial charge is 0.380 e. The summed E-state index contributed by atoms with van der Waals surface area (Å²) in [5.74, 6) is -1.53. The molecule has 1 aromatic heterocycles. The van der Waals surface area contributed by atoms with Crippen molar-refractivity contribution in [2.24, 2.45) is 0 Å². The summed E-state index contributed by atoms with van der Waals surface area (Å²) in [6.07, 6.45) is -1.73. The summed E-state index contributed by atoms with van der Waals surface area (Å²) in [5.41, 5.74) is 3.32. The molecule has 2 amide bonds. The monoisotopic (exact) mass is 523 g/mol. The van der Waals surface area contributed by atoms with Gasteiger partial charge in [0.2, 0.25) is 0 Å². The van der Waals surface area contributed by atoms with Gasteiger partial charge in [-0.3, -0.25) is 9.59 Å². The van der Waals surface area contributed by atoms with Crippen LogP contribution in [0.3, 0.4) is 0 Å². The van der Waals surface area contributed by atoms with E-state index in [0.717, 1.165) is 28.0 Å². The van der Waals surface area contributed by atoms with Gasteiger partial charge in [-0.25, -0.2) is 0 Å². The molecule has 1 fully saturated rings. The highest BCUT2D eigenvalue weighted by molar-refractivity contribution is 7.10. The van der Waals surface area contributed by atoms with Crippen LogP contribution >= 0.6 is 22.9 Å². The second kappa shape index (κ2) is 11.7. The minimum Gasteiger partial charge on any atom is -0.380 e. The Balaban J connectivity index is 1.33. The third-order valence-corrected chi connectivity index (χ3v) is 7.61. The number of rotatable bonds is 8. The van der Waals surface area contributed by atoms with E-state index in [1.54, 1.807) is 18.2 Å². The minimum atomic E-state index is -1.90. The van der Waals surface area contributed by atoms with Crippen LogP contribution in [0, 0.1) is 11.3 Å². The molecule has 3 N–H and O–H groups in total. The second-order valence-electron chi connectivity index (χ2n) is 8.72. The van der Waals surface area contributed by atoms with Crippen LogP contribution in [0.15, 0.2) is 60.0 Å². The third-order valence-electron chi connectivity index (χ3n) is 6.25. The van der Waals surface area contributed by atoms with E-state index in [4.69, 9.17) is 16.9 Å². The molecule has 1 aliphatic heterocycles. The molecule has 0 radical (unpaired) electrons. The number of hydrogen-bond donors (Lipinski definition) is 3. The van der Waals surface area contributed by atoms with E-state index < -0.39 is 24.0 Å². The average molecular weight is 524 g/mol. The molecule has 3 aromatic rings. The van der Waals surface area contributed by atoms with Gasteiger partial charge < -0.3 is 20.4 Å². The van der Waals surface area contributed by atoms with E-state index in [1.807, 2.05) is 41.8 Å². The molecule has 1 unspecified atom stereocenters. The van der Waals surface area contributed by atoms with E-state index in [9.17, 15) is 19.8 Å². The first-order valence-corrected chi connectivity index (χ1v) is 12.9. The van der Waals surface area contributed by atoms with Crippen LogP contribution in [0.5, 0.6) is 0 Å². The molecule has 0 saturated carbocycles. The smallest absolute Gasteiger partial charge is 0.255 e. The number of nitrogens with zero attached hydrogens (tertiary/aromatic N) is 2. The van der Waals surface area contributed by atoms with Crippen LogP contribution in [0.4, 0.5) is 0 Å². The van der Waals surface area contributed by atoms with Crippen molar-refractivity contribution in [3.63, 3.8) is 0 Å². The Bertz CT molecular complexity index is 1290. The number of amides is 2. The van der Waals surface area contributed by atoms with E-state index in [1.165, 1.54) is 16.2 Å². The molecule has 9 heteroatoms. The van der Waals surface area contributed by atoms with Crippen molar-refractivity contribution in [3.8, 4) is 6.07 Å². The summed E-state index contributed by atoms with van der Waals surface area (Å²) in [7, 11) is 0. The summed E-state index contributed by atoms with van der Waals surface area (Å²) in [4.78, 5) is 27.8. The average Bonchev–Trinajstić information content (AvgIpc) is 3.57. The van der Waals surface area contributed by atoms with Gasteiger partial charge in [0.25, 0.3) is 11.8 Å². The van der Waals surface area contributed by atoms with E-state index in [-0.39, 0.29) is 12.6 Å². The fourth-order valence-electron chi connectivity index (χ4n) is 4.39. The number of hydrogen-bond acceptors (Lipinski definition) is 6. The standard InChI is InChI=1S/C27H26ClN3O4S/c28-22-8-2-1-6-19(22)12-18-13-21(36-16-18)15-30-26(34)24(32)25(33)27(35)31-10-4-9-23(31)20-7-3-5-17(11-20)14-29/h1-3,5-8,11,13,16,23-25,32-33H,4,9-10,12,15H2,(H,30,34)/t23?,24-,25-/m1/s1. The summed E-state index contributed by atoms with van der Waals surface area (Å²) in [5, 5.41) is 35.3. The van der Waals surface area contributed by atoms with Gasteiger partial charge in [0.05, 0.1) is 24.2 Å². The summed E-state index contributed by atoms with van der Waals surface area (Å²) in [6.45, 7) is 0.562. The molecule has 3 atom stereocenters. The Kier molecular flexibility index (Phi) is 8.39. The Hall–Kier alpha value is -3.22. The van der Waals surface area contributed by atoms with Crippen LogP contribution in [-0.4, -0.2) is 45.7 Å². The van der Waals surface area contributed by atoms with E-state index in [0.29, 0.717) is 30.0 Å². The molecule has 1 aliphatic rings. The maximum absolute atomic E-state index is 13.0. The van der Waals surface area contributed by atoms with Crippen molar-refractivity contribution in [1.29, 1.82) is 5.26 Å². The molecule has 4 rings (SSSR count). The van der Waals surface area contributed by atoms with Crippen LogP contribution in [0.2, 0.25) is 5.02 Å². The van der Waals surface area contributed by atoms with Crippen LogP contribution < -0.4 is 5.32 Å². The zero-order valence-corrected chi connectivity index (χ0v) is 21.0. The molecule has 36 heavy (non-hydrogen) atoms. The molecule has 1 saturated heterocycles. The fourth-order valence-corrected chi connectivity index (χ4v) is 5.42. The van der Waals surface area contributed by atoms with Crippen molar-refractivity contribution in [3.05, 3.63) is 92.1 Å². The van der Waals surface area contributed by atoms with Gasteiger partial charge in [-0.15, -0.1) is 11.3 Å². The molecule has 0 bridgehead atoms. The fraction of sp³-hybridized carbons (Fsp3) is 0.296. The lowest BCUT2D eigenvalue weighted by atomic mass is 10.0. The Morgan fingerprint density at radius 3 is 2.75 bits per heavy atom.